The average Bonchev–Trinajstić information content (AvgIpc) is 3.41. The Balaban J connectivity index is 0.00000226. The van der Waals surface area contributed by atoms with E-state index in [1.807, 2.05) is 39.2 Å². The summed E-state index contributed by atoms with van der Waals surface area (Å²) in [6, 6.07) is 17.4. The first-order valence-electron chi connectivity index (χ1n) is 16.7. The molecule has 0 saturated heterocycles. The van der Waals surface area contributed by atoms with Crippen molar-refractivity contribution in [3.05, 3.63) is 81.6 Å². The van der Waals surface area contributed by atoms with Crippen molar-refractivity contribution in [2.24, 2.45) is 0 Å². The van der Waals surface area contributed by atoms with E-state index in [1.54, 1.807) is 7.11 Å². The molecule has 1 N–H and O–H groups in total. The molecule has 0 bridgehead atoms. The molecule has 3 aromatic rings. The van der Waals surface area contributed by atoms with E-state index < -0.39 is 5.54 Å². The van der Waals surface area contributed by atoms with Crippen LogP contribution < -0.4 is 14.8 Å². The first-order chi connectivity index (χ1) is 21.9. The number of methoxy groups -OCH3 is 1. The molecule has 1 heterocycles. The van der Waals surface area contributed by atoms with Crippen LogP contribution in [0.2, 0.25) is 0 Å². The molecular formula is C38H52N3O3S+. The number of aryl methyl sites for hydroxylation is 1. The van der Waals surface area contributed by atoms with Crippen LogP contribution in [0, 0.1) is 0 Å². The van der Waals surface area contributed by atoms with Crippen LogP contribution in [0.3, 0.4) is 0 Å². The Hall–Kier alpha value is -3.42. The number of nitrogens with zero attached hydrogens (tertiary/aromatic N) is 2. The lowest BCUT2D eigenvalue weighted by Crippen LogP contribution is -2.49. The molecule has 1 unspecified atom stereocenters. The predicted octanol–water partition coefficient (Wildman–Crippen LogP) is 8.32. The maximum absolute atomic E-state index is 12.7. The molecular weight excluding hydrogens is 579 g/mol. The monoisotopic (exact) mass is 630 g/mol. The lowest BCUT2D eigenvalue weighted by Gasteiger charge is -2.35. The molecule has 1 saturated carbocycles. The van der Waals surface area contributed by atoms with Gasteiger partial charge in [-0.15, -0.1) is 0 Å². The van der Waals surface area contributed by atoms with Crippen molar-refractivity contribution in [2.45, 2.75) is 85.7 Å². The highest BCUT2D eigenvalue weighted by molar-refractivity contribution is 7.18. The number of ether oxygens (including phenoxy) is 2. The van der Waals surface area contributed by atoms with Crippen molar-refractivity contribution in [3.63, 3.8) is 0 Å². The third-order valence-corrected chi connectivity index (χ3v) is 10.1. The summed E-state index contributed by atoms with van der Waals surface area (Å²) < 4.78 is 15.5. The zero-order valence-electron chi connectivity index (χ0n) is 28.6. The second-order valence-electron chi connectivity index (χ2n) is 11.5. The molecule has 2 aliphatic carbocycles. The van der Waals surface area contributed by atoms with Crippen molar-refractivity contribution in [1.29, 1.82) is 0 Å². The second-order valence-corrected chi connectivity index (χ2v) is 12.6. The van der Waals surface area contributed by atoms with Gasteiger partial charge < -0.3 is 19.7 Å². The molecule has 7 heteroatoms. The van der Waals surface area contributed by atoms with Gasteiger partial charge in [-0.2, -0.15) is 4.57 Å². The van der Waals surface area contributed by atoms with Crippen molar-refractivity contribution >= 4 is 44.9 Å². The molecule has 6 nitrogen and oxygen atoms in total. The predicted molar refractivity (Wildman–Crippen MR) is 189 cm³/mol. The molecule has 0 amide bonds. The number of aromatic nitrogens is 1. The van der Waals surface area contributed by atoms with Gasteiger partial charge in [0.05, 0.1) is 13.7 Å². The van der Waals surface area contributed by atoms with Gasteiger partial charge in [-0.3, -0.25) is 4.79 Å². The smallest absolute Gasteiger partial charge is 0.326 e. The lowest BCUT2D eigenvalue weighted by molar-refractivity contribution is -0.665. The summed E-state index contributed by atoms with van der Waals surface area (Å²) in [6.45, 7) is 15.1. The van der Waals surface area contributed by atoms with Crippen LogP contribution in [-0.2, 0) is 20.8 Å². The summed E-state index contributed by atoms with van der Waals surface area (Å²) in [7, 11) is 3.61. The van der Waals surface area contributed by atoms with Crippen LogP contribution in [-0.4, -0.2) is 45.4 Å². The Morgan fingerprint density at radius 1 is 1.07 bits per heavy atom. The minimum Gasteiger partial charge on any atom is -0.495 e. The quantitative estimate of drug-likeness (QED) is 0.152. The molecule has 0 radical (unpaired) electrons. The highest BCUT2D eigenvalue weighted by Gasteiger charge is 2.37. The fraction of sp³-hybridized carbons (Fsp3) is 0.474. The Kier molecular flexibility index (Phi) is 12.0. The van der Waals surface area contributed by atoms with Crippen LogP contribution in [0.25, 0.3) is 21.9 Å². The van der Waals surface area contributed by atoms with Crippen molar-refractivity contribution in [3.8, 4) is 0 Å². The minimum atomic E-state index is -0.642. The largest absolute Gasteiger partial charge is 0.495 e. The number of rotatable bonds is 13. The number of hydrogen-bond donors (Lipinski definition) is 1. The number of nitrogens with one attached hydrogen (secondary N) is 1. The molecule has 1 atom stereocenters. The summed E-state index contributed by atoms with van der Waals surface area (Å²) >= 11 is 1.84. The summed E-state index contributed by atoms with van der Waals surface area (Å²) in [6.07, 6.45) is 7.56. The van der Waals surface area contributed by atoms with Crippen LogP contribution >= 0.6 is 11.3 Å². The Bertz CT molecular complexity index is 1560. The Morgan fingerprint density at radius 2 is 1.78 bits per heavy atom. The van der Waals surface area contributed by atoms with Gasteiger partial charge in [0.15, 0.2) is 0 Å². The number of benzene rings is 2. The van der Waals surface area contributed by atoms with Crippen LogP contribution in [0.5, 0.6) is 0 Å². The molecule has 0 spiro atoms. The summed E-state index contributed by atoms with van der Waals surface area (Å²) in [5, 5.41) is 4.39. The van der Waals surface area contributed by atoms with E-state index in [0.29, 0.717) is 13.2 Å². The first kappa shape index (κ1) is 34.5. The highest BCUT2D eigenvalue weighted by atomic mass is 32.1. The molecule has 1 fully saturated rings. The third-order valence-electron chi connectivity index (χ3n) is 8.98. The molecule has 2 aromatic carbocycles. The fourth-order valence-corrected chi connectivity index (χ4v) is 7.35. The standard InChI is InChI=1S/C36H46N3O3S.C2H6/c1-7-21-36(4,37-5)35(40)42-23-22-38(8-2)27-19-17-26(18-20-27)33-32(25-13-12-14-25)28(34(33)41-6)24-31-39(9-3)29-15-10-11-16-30(29)43-31;1-2/h10-11,15-20,24,37H,7-9,12-14,21-23H2,1-6H3;1-2H3/q+1;. The lowest BCUT2D eigenvalue weighted by atomic mass is 9.72. The van der Waals surface area contributed by atoms with Gasteiger partial charge in [0.2, 0.25) is 5.52 Å². The Morgan fingerprint density at radius 3 is 2.36 bits per heavy atom. The SMILES string of the molecule is CC.CCCC(C)(NC)C(=O)OCCN(CC)c1ccc(C2=C(OC)/C(=C\c3sc4ccccc4[n+]3CC)C2=C2CCC2)cc1. The number of carbonyl (C=O) groups is 1. The molecule has 0 aliphatic heterocycles. The van der Waals surface area contributed by atoms with E-state index >= 15 is 0 Å². The highest BCUT2D eigenvalue weighted by Crippen LogP contribution is 2.52. The average molecular weight is 631 g/mol. The number of likely N-dealkylation sites (N-methyl/N-ethyl adjacent to an activating group) is 2. The van der Waals surface area contributed by atoms with E-state index in [0.717, 1.165) is 50.2 Å². The molecule has 242 valence electrons. The van der Waals surface area contributed by atoms with Crippen molar-refractivity contribution in [2.75, 3.05) is 38.8 Å². The van der Waals surface area contributed by atoms with Crippen LogP contribution in [0.15, 0.2) is 71.0 Å². The van der Waals surface area contributed by atoms with Gasteiger partial charge in [0.1, 0.15) is 29.1 Å². The number of anilines is 1. The zero-order chi connectivity index (χ0) is 32.6. The normalized spacial score (nSPS) is 16.5. The van der Waals surface area contributed by atoms with Gasteiger partial charge in [0.25, 0.3) is 5.01 Å². The van der Waals surface area contributed by atoms with Gasteiger partial charge in [-0.25, -0.2) is 0 Å². The third kappa shape index (κ3) is 7.05. The van der Waals surface area contributed by atoms with E-state index in [-0.39, 0.29) is 5.97 Å². The Labute approximate surface area is 274 Å². The number of fused-ring (bicyclic) bond motifs is 1. The van der Waals surface area contributed by atoms with Crippen LogP contribution in [0.1, 0.15) is 84.2 Å². The van der Waals surface area contributed by atoms with E-state index in [2.05, 4.69) is 90.2 Å². The second kappa shape index (κ2) is 15.7. The minimum absolute atomic E-state index is 0.187. The van der Waals surface area contributed by atoms with Crippen molar-refractivity contribution in [1.82, 2.24) is 5.32 Å². The van der Waals surface area contributed by atoms with Gasteiger partial charge in [0, 0.05) is 35.5 Å². The summed E-state index contributed by atoms with van der Waals surface area (Å²) in [5.74, 6) is 0.786. The number of hydrogen-bond acceptors (Lipinski definition) is 6. The number of allylic oxidation sites excluding steroid dienone is 3. The van der Waals surface area contributed by atoms with Gasteiger partial charge in [-0.1, -0.05) is 68.4 Å². The molecule has 1 aromatic heterocycles. The van der Waals surface area contributed by atoms with Gasteiger partial charge in [-0.05, 0) is 82.8 Å². The topological polar surface area (TPSA) is 54.7 Å². The fourth-order valence-electron chi connectivity index (χ4n) is 6.19. The zero-order valence-corrected chi connectivity index (χ0v) is 29.4. The molecule has 45 heavy (non-hydrogen) atoms. The van der Waals surface area contributed by atoms with Gasteiger partial charge >= 0.3 is 5.97 Å². The van der Waals surface area contributed by atoms with E-state index in [1.165, 1.54) is 49.5 Å². The molecule has 5 rings (SSSR count). The number of carbonyl (C=O) groups excluding carboxylic acids is 1. The maximum atomic E-state index is 12.7. The maximum Gasteiger partial charge on any atom is 0.326 e. The number of thiazole rings is 1. The molecule has 2 aliphatic rings. The van der Waals surface area contributed by atoms with Crippen molar-refractivity contribution < 1.29 is 18.8 Å². The van der Waals surface area contributed by atoms with E-state index in [4.69, 9.17) is 9.47 Å². The summed E-state index contributed by atoms with van der Waals surface area (Å²) in [5.41, 5.74) is 8.28. The first-order valence-corrected chi connectivity index (χ1v) is 17.6. The number of esters is 1. The van der Waals surface area contributed by atoms with E-state index in [9.17, 15) is 4.79 Å². The number of para-hydroxylation sites is 1. The van der Waals surface area contributed by atoms with Crippen LogP contribution in [0.4, 0.5) is 5.69 Å². The summed E-state index contributed by atoms with van der Waals surface area (Å²) in [4.78, 5) is 15.0.